The molecule has 2 heterocycles. The highest BCUT2D eigenvalue weighted by molar-refractivity contribution is 9.11. The zero-order valence-corrected chi connectivity index (χ0v) is 20.7. The molecule has 0 saturated carbocycles. The van der Waals surface area contributed by atoms with Crippen LogP contribution in [0, 0.1) is 0 Å². The molecule has 0 bridgehead atoms. The van der Waals surface area contributed by atoms with Gasteiger partial charge in [0.1, 0.15) is 18.0 Å². The number of carbonyl (C=O) groups is 2. The number of hydrazone groups is 1. The Morgan fingerprint density at radius 1 is 1.06 bits per heavy atom. The van der Waals surface area contributed by atoms with Crippen molar-refractivity contribution < 1.29 is 33.0 Å². The van der Waals surface area contributed by atoms with Crippen LogP contribution in [0.25, 0.3) is 11.0 Å². The van der Waals surface area contributed by atoms with Gasteiger partial charge in [0.2, 0.25) is 5.76 Å². The first-order valence-corrected chi connectivity index (χ1v) is 11.3. The van der Waals surface area contributed by atoms with E-state index in [1.54, 1.807) is 24.3 Å². The SMILES string of the molecule is COc1cc(/C=N\NC(=O)c2cc3cc(Br)cc(Br)c3o2)ccc1OCc1ccc(C(=O)O)o1. The van der Waals surface area contributed by atoms with Gasteiger partial charge in [-0.1, -0.05) is 15.9 Å². The van der Waals surface area contributed by atoms with Crippen molar-refractivity contribution in [3.63, 3.8) is 0 Å². The molecule has 0 atom stereocenters. The fourth-order valence-corrected chi connectivity index (χ4v) is 4.35. The smallest absolute Gasteiger partial charge is 0.371 e. The van der Waals surface area contributed by atoms with E-state index in [1.807, 2.05) is 12.1 Å². The number of benzene rings is 2. The Bertz CT molecular complexity index is 1410. The molecule has 0 unspecified atom stereocenters. The Kier molecular flexibility index (Phi) is 7.03. The van der Waals surface area contributed by atoms with Crippen molar-refractivity contribution in [3.05, 3.63) is 80.3 Å². The van der Waals surface area contributed by atoms with E-state index in [9.17, 15) is 9.59 Å². The molecule has 2 aromatic carbocycles. The number of carboxylic acids is 1. The number of nitrogens with one attached hydrogen (secondary N) is 1. The van der Waals surface area contributed by atoms with Crippen molar-refractivity contribution in [1.29, 1.82) is 0 Å². The summed E-state index contributed by atoms with van der Waals surface area (Å²) in [6.45, 7) is 0.0251. The lowest BCUT2D eigenvalue weighted by Gasteiger charge is -2.10. The molecule has 9 nitrogen and oxygen atoms in total. The number of hydrogen-bond acceptors (Lipinski definition) is 7. The highest BCUT2D eigenvalue weighted by Gasteiger charge is 2.14. The predicted molar refractivity (Wildman–Crippen MR) is 130 cm³/mol. The average molecular weight is 592 g/mol. The molecule has 4 rings (SSSR count). The van der Waals surface area contributed by atoms with Gasteiger partial charge in [-0.25, -0.2) is 10.2 Å². The second kappa shape index (κ2) is 10.1. The number of halogens is 2. The zero-order valence-electron chi connectivity index (χ0n) is 17.5. The highest BCUT2D eigenvalue weighted by atomic mass is 79.9. The number of amides is 1. The van der Waals surface area contributed by atoms with E-state index in [-0.39, 0.29) is 18.1 Å². The van der Waals surface area contributed by atoms with E-state index in [0.29, 0.717) is 28.4 Å². The first kappa shape index (κ1) is 23.6. The maximum Gasteiger partial charge on any atom is 0.371 e. The molecule has 0 aliphatic heterocycles. The Morgan fingerprint density at radius 2 is 1.88 bits per heavy atom. The number of rotatable bonds is 8. The van der Waals surface area contributed by atoms with Crippen molar-refractivity contribution in [2.24, 2.45) is 5.10 Å². The Hall–Kier alpha value is -3.57. The lowest BCUT2D eigenvalue weighted by molar-refractivity contribution is 0.0657. The van der Waals surface area contributed by atoms with Crippen LogP contribution < -0.4 is 14.9 Å². The summed E-state index contributed by atoms with van der Waals surface area (Å²) in [7, 11) is 1.48. The summed E-state index contributed by atoms with van der Waals surface area (Å²) >= 11 is 6.81. The number of hydrogen-bond donors (Lipinski definition) is 2. The van der Waals surface area contributed by atoms with E-state index in [2.05, 4.69) is 42.4 Å². The first-order chi connectivity index (χ1) is 16.3. The van der Waals surface area contributed by atoms with Crippen LogP contribution >= 0.6 is 31.9 Å². The largest absolute Gasteiger partial charge is 0.493 e. The summed E-state index contributed by atoms with van der Waals surface area (Å²) in [5.74, 6) is -0.484. The topological polar surface area (TPSA) is 124 Å². The molecule has 0 aliphatic rings. The molecule has 0 spiro atoms. The maximum atomic E-state index is 12.4. The molecule has 1 amide bonds. The van der Waals surface area contributed by atoms with Crippen LogP contribution in [0.15, 0.2) is 71.4 Å². The molecule has 34 heavy (non-hydrogen) atoms. The van der Waals surface area contributed by atoms with Crippen LogP contribution in [0.2, 0.25) is 0 Å². The van der Waals surface area contributed by atoms with Gasteiger partial charge < -0.3 is 23.4 Å². The van der Waals surface area contributed by atoms with Crippen molar-refractivity contribution in [3.8, 4) is 11.5 Å². The average Bonchev–Trinajstić information content (AvgIpc) is 3.45. The third kappa shape index (κ3) is 5.32. The molecular weight excluding hydrogens is 576 g/mol. The number of aromatic carboxylic acids is 1. The highest BCUT2D eigenvalue weighted by Crippen LogP contribution is 2.31. The second-order valence-electron chi connectivity index (χ2n) is 6.89. The van der Waals surface area contributed by atoms with Gasteiger partial charge >= 0.3 is 11.9 Å². The Morgan fingerprint density at radius 3 is 2.62 bits per heavy atom. The van der Waals surface area contributed by atoms with Crippen LogP contribution in [0.3, 0.4) is 0 Å². The summed E-state index contributed by atoms with van der Waals surface area (Å²) in [5.41, 5.74) is 3.64. The first-order valence-electron chi connectivity index (χ1n) is 9.69. The normalized spacial score (nSPS) is 11.1. The van der Waals surface area contributed by atoms with Gasteiger partial charge in [-0.15, -0.1) is 0 Å². The van der Waals surface area contributed by atoms with Gasteiger partial charge in [-0.05, 0) is 70.0 Å². The summed E-state index contributed by atoms with van der Waals surface area (Å²) < 4.78 is 23.4. The third-order valence-corrected chi connectivity index (χ3v) is 5.62. The van der Waals surface area contributed by atoms with Gasteiger partial charge in [0.15, 0.2) is 17.3 Å². The van der Waals surface area contributed by atoms with Gasteiger partial charge in [0.05, 0.1) is 17.8 Å². The lowest BCUT2D eigenvalue weighted by Crippen LogP contribution is -2.16. The Labute approximate surface area is 209 Å². The minimum absolute atomic E-state index is 0.0251. The molecule has 0 saturated heterocycles. The number of nitrogens with zero attached hydrogens (tertiary/aromatic N) is 1. The predicted octanol–water partition coefficient (Wildman–Crippen LogP) is 5.60. The van der Waals surface area contributed by atoms with Crippen LogP contribution in [0.4, 0.5) is 0 Å². The quantitative estimate of drug-likeness (QED) is 0.202. The van der Waals surface area contributed by atoms with Gasteiger partial charge in [-0.2, -0.15) is 5.10 Å². The van der Waals surface area contributed by atoms with Crippen molar-refractivity contribution >= 4 is 60.9 Å². The van der Waals surface area contributed by atoms with Gasteiger partial charge in [-0.3, -0.25) is 4.79 Å². The number of fused-ring (bicyclic) bond motifs is 1. The third-order valence-electron chi connectivity index (χ3n) is 4.57. The van der Waals surface area contributed by atoms with Gasteiger partial charge in [0, 0.05) is 9.86 Å². The minimum atomic E-state index is -1.15. The molecule has 2 aromatic heterocycles. The summed E-state index contributed by atoms with van der Waals surface area (Å²) in [6.07, 6.45) is 1.45. The van der Waals surface area contributed by atoms with E-state index >= 15 is 0 Å². The number of ether oxygens (including phenoxy) is 2. The fraction of sp³-hybridized carbons (Fsp3) is 0.0870. The molecule has 0 radical (unpaired) electrons. The molecule has 11 heteroatoms. The van der Waals surface area contributed by atoms with E-state index in [1.165, 1.54) is 25.5 Å². The van der Waals surface area contributed by atoms with Crippen LogP contribution in [0.5, 0.6) is 11.5 Å². The molecule has 0 aliphatic carbocycles. The zero-order chi connectivity index (χ0) is 24.2. The molecular formula is C23H16Br2N2O7. The lowest BCUT2D eigenvalue weighted by atomic mass is 10.2. The van der Waals surface area contributed by atoms with Crippen LogP contribution in [-0.2, 0) is 6.61 Å². The number of carbonyl (C=O) groups excluding carboxylic acids is 1. The van der Waals surface area contributed by atoms with E-state index in [0.717, 1.165) is 14.3 Å². The number of furan rings is 2. The molecule has 4 aromatic rings. The van der Waals surface area contributed by atoms with Crippen molar-refractivity contribution in [1.82, 2.24) is 5.43 Å². The minimum Gasteiger partial charge on any atom is -0.493 e. The fourth-order valence-electron chi connectivity index (χ4n) is 3.01. The number of methoxy groups -OCH3 is 1. The second-order valence-corrected chi connectivity index (χ2v) is 8.66. The van der Waals surface area contributed by atoms with Crippen molar-refractivity contribution in [2.45, 2.75) is 6.61 Å². The summed E-state index contributed by atoms with van der Waals surface area (Å²) in [4.78, 5) is 23.3. The summed E-state index contributed by atoms with van der Waals surface area (Å²) in [6, 6.07) is 13.2. The molecule has 174 valence electrons. The van der Waals surface area contributed by atoms with Gasteiger partial charge in [0.25, 0.3) is 0 Å². The standard InChI is InChI=1S/C23H16Br2N2O7/c1-31-19-6-12(2-4-17(19)32-11-15-3-5-18(33-15)23(29)30)10-26-27-22(28)20-8-13-7-14(24)9-16(25)21(13)34-20/h2-10H,11H2,1H3,(H,27,28)(H,29,30)/b26-10-. The monoisotopic (exact) mass is 590 g/mol. The van der Waals surface area contributed by atoms with Crippen molar-refractivity contribution in [2.75, 3.05) is 7.11 Å². The molecule has 2 N–H and O–H groups in total. The van der Waals surface area contributed by atoms with E-state index in [4.69, 9.17) is 23.4 Å². The Balaban J connectivity index is 1.40. The molecule has 0 fully saturated rings. The number of carboxylic acid groups (broad SMARTS) is 1. The van der Waals surface area contributed by atoms with Crippen LogP contribution in [0.1, 0.15) is 32.4 Å². The maximum absolute atomic E-state index is 12.4. The van der Waals surface area contributed by atoms with Crippen LogP contribution in [-0.4, -0.2) is 30.3 Å². The summed E-state index contributed by atoms with van der Waals surface area (Å²) in [5, 5.41) is 13.7. The van der Waals surface area contributed by atoms with E-state index < -0.39 is 11.9 Å².